The number of aromatic nitrogens is 1. The molecule has 5 nitrogen and oxygen atoms in total. The zero-order chi connectivity index (χ0) is 13.6. The van der Waals surface area contributed by atoms with Crippen LogP contribution in [0.5, 0.6) is 0 Å². The van der Waals surface area contributed by atoms with E-state index in [1.807, 2.05) is 6.08 Å². The number of hydrogen-bond donors (Lipinski definition) is 2. The van der Waals surface area contributed by atoms with Crippen molar-refractivity contribution in [3.63, 3.8) is 0 Å². The molecule has 0 aliphatic carbocycles. The number of nitrogen functional groups attached to an aromatic ring is 1. The first-order valence-corrected chi connectivity index (χ1v) is 9.01. The molecule has 0 saturated carbocycles. The van der Waals surface area contributed by atoms with Gasteiger partial charge < -0.3 is 11.1 Å². The molecule has 0 fully saturated rings. The Bertz CT molecular complexity index is 496. The second-order valence-corrected chi connectivity index (χ2v) is 7.56. The highest BCUT2D eigenvalue weighted by atomic mass is 32.2. The van der Waals surface area contributed by atoms with Crippen LogP contribution in [-0.4, -0.2) is 36.6 Å². The summed E-state index contributed by atoms with van der Waals surface area (Å²) in [6.45, 7) is 5.90. The van der Waals surface area contributed by atoms with Crippen molar-refractivity contribution in [3.8, 4) is 0 Å². The SMILES string of the molecule is C=CCSCCNc1snc(N)c1S(=O)(=O)CC. The Labute approximate surface area is 116 Å². The minimum absolute atomic E-state index is 0.0233. The van der Waals surface area contributed by atoms with E-state index in [1.54, 1.807) is 18.7 Å². The van der Waals surface area contributed by atoms with Gasteiger partial charge in [-0.2, -0.15) is 16.1 Å². The molecule has 0 atom stereocenters. The monoisotopic (exact) mass is 307 g/mol. The minimum atomic E-state index is -3.33. The number of sulfone groups is 1. The molecule has 0 bridgehead atoms. The molecule has 0 aromatic carbocycles. The van der Waals surface area contributed by atoms with Gasteiger partial charge in [-0.1, -0.05) is 13.0 Å². The summed E-state index contributed by atoms with van der Waals surface area (Å²) in [6, 6.07) is 0. The number of hydrogen-bond acceptors (Lipinski definition) is 7. The lowest BCUT2D eigenvalue weighted by Gasteiger charge is -2.06. The predicted octanol–water partition coefficient (Wildman–Crippen LogP) is 1.85. The lowest BCUT2D eigenvalue weighted by molar-refractivity contribution is 0.598. The van der Waals surface area contributed by atoms with Crippen LogP contribution in [0, 0.1) is 0 Å². The van der Waals surface area contributed by atoms with Gasteiger partial charge >= 0.3 is 0 Å². The van der Waals surface area contributed by atoms with Crippen molar-refractivity contribution >= 4 is 44.0 Å². The molecule has 0 aliphatic rings. The third kappa shape index (κ3) is 3.89. The van der Waals surface area contributed by atoms with Gasteiger partial charge in [0.1, 0.15) is 9.90 Å². The zero-order valence-corrected chi connectivity index (χ0v) is 12.6. The van der Waals surface area contributed by atoms with Crippen LogP contribution in [0.15, 0.2) is 17.6 Å². The number of thioether (sulfide) groups is 1. The van der Waals surface area contributed by atoms with Crippen LogP contribution in [0.2, 0.25) is 0 Å². The van der Waals surface area contributed by atoms with E-state index in [0.717, 1.165) is 23.0 Å². The number of nitrogens with two attached hydrogens (primary N) is 1. The third-order valence-corrected chi connectivity index (χ3v) is 5.84. The highest BCUT2D eigenvalue weighted by Crippen LogP contribution is 2.32. The van der Waals surface area contributed by atoms with Crippen LogP contribution in [0.4, 0.5) is 10.8 Å². The van der Waals surface area contributed by atoms with Gasteiger partial charge in [0.05, 0.1) is 5.75 Å². The molecule has 3 N–H and O–H groups in total. The molecule has 1 heterocycles. The van der Waals surface area contributed by atoms with E-state index < -0.39 is 9.84 Å². The Morgan fingerprint density at radius 3 is 2.94 bits per heavy atom. The molecule has 0 unspecified atom stereocenters. The highest BCUT2D eigenvalue weighted by molar-refractivity contribution is 7.99. The lowest BCUT2D eigenvalue weighted by Crippen LogP contribution is -2.10. The fourth-order valence-electron chi connectivity index (χ4n) is 1.25. The van der Waals surface area contributed by atoms with Gasteiger partial charge in [-0.25, -0.2) is 8.42 Å². The van der Waals surface area contributed by atoms with Gasteiger partial charge in [-0.3, -0.25) is 0 Å². The smallest absolute Gasteiger partial charge is 0.184 e. The maximum atomic E-state index is 11.9. The molecule has 1 aromatic rings. The third-order valence-electron chi connectivity index (χ3n) is 2.13. The van der Waals surface area contributed by atoms with Crippen molar-refractivity contribution in [2.75, 3.05) is 34.9 Å². The van der Waals surface area contributed by atoms with Gasteiger partial charge in [0, 0.05) is 18.1 Å². The molecule has 1 rings (SSSR count). The molecule has 18 heavy (non-hydrogen) atoms. The highest BCUT2D eigenvalue weighted by Gasteiger charge is 2.23. The van der Waals surface area contributed by atoms with Gasteiger partial charge in [-0.05, 0) is 11.5 Å². The van der Waals surface area contributed by atoms with Crippen molar-refractivity contribution in [1.82, 2.24) is 4.37 Å². The van der Waals surface area contributed by atoms with Crippen molar-refractivity contribution in [3.05, 3.63) is 12.7 Å². The summed E-state index contributed by atoms with van der Waals surface area (Å²) in [4.78, 5) is 0.142. The van der Waals surface area contributed by atoms with Crippen LogP contribution in [0.25, 0.3) is 0 Å². The fraction of sp³-hybridized carbons (Fsp3) is 0.500. The maximum Gasteiger partial charge on any atom is 0.184 e. The summed E-state index contributed by atoms with van der Waals surface area (Å²) in [7, 11) is -3.33. The molecule has 8 heteroatoms. The first-order chi connectivity index (χ1) is 8.53. The summed E-state index contributed by atoms with van der Waals surface area (Å²) < 4.78 is 27.6. The molecule has 0 saturated heterocycles. The first kappa shape index (κ1) is 15.3. The van der Waals surface area contributed by atoms with Gasteiger partial charge in [0.25, 0.3) is 0 Å². The Morgan fingerprint density at radius 2 is 2.33 bits per heavy atom. The van der Waals surface area contributed by atoms with E-state index in [4.69, 9.17) is 5.73 Å². The summed E-state index contributed by atoms with van der Waals surface area (Å²) in [5.74, 6) is 1.86. The Kier molecular flexibility index (Phi) is 5.97. The average Bonchev–Trinajstić information content (AvgIpc) is 2.71. The Morgan fingerprint density at radius 1 is 1.61 bits per heavy atom. The molecule has 102 valence electrons. The van der Waals surface area contributed by atoms with Gasteiger partial charge in [-0.15, -0.1) is 6.58 Å². The second-order valence-electron chi connectivity index (χ2n) is 3.42. The van der Waals surface area contributed by atoms with Crippen molar-refractivity contribution < 1.29 is 8.42 Å². The molecule has 0 aliphatic heterocycles. The van der Waals surface area contributed by atoms with Crippen LogP contribution in [0.3, 0.4) is 0 Å². The molecule has 0 amide bonds. The molecular weight excluding hydrogens is 290 g/mol. The predicted molar refractivity (Wildman–Crippen MR) is 80.3 cm³/mol. The summed E-state index contributed by atoms with van der Waals surface area (Å²) >= 11 is 2.81. The van der Waals surface area contributed by atoms with E-state index in [0.29, 0.717) is 11.5 Å². The van der Waals surface area contributed by atoms with Crippen LogP contribution < -0.4 is 11.1 Å². The van der Waals surface area contributed by atoms with Crippen LogP contribution >= 0.6 is 23.3 Å². The molecule has 0 spiro atoms. The fourth-order valence-corrected chi connectivity index (χ4v) is 4.03. The van der Waals surface area contributed by atoms with Crippen molar-refractivity contribution in [2.24, 2.45) is 0 Å². The quantitative estimate of drug-likeness (QED) is 0.563. The van der Waals surface area contributed by atoms with E-state index in [9.17, 15) is 8.42 Å². The van der Waals surface area contributed by atoms with E-state index in [2.05, 4.69) is 16.3 Å². The number of nitrogens with zero attached hydrogens (tertiary/aromatic N) is 1. The number of nitrogens with one attached hydrogen (secondary N) is 1. The summed E-state index contributed by atoms with van der Waals surface area (Å²) in [5, 5.41) is 3.61. The van der Waals surface area contributed by atoms with Gasteiger partial charge in [0.15, 0.2) is 15.7 Å². The van der Waals surface area contributed by atoms with Crippen LogP contribution in [-0.2, 0) is 9.84 Å². The molecule has 1 aromatic heterocycles. The normalized spacial score (nSPS) is 11.4. The first-order valence-electron chi connectivity index (χ1n) is 5.43. The zero-order valence-electron chi connectivity index (χ0n) is 10.2. The summed E-state index contributed by atoms with van der Waals surface area (Å²) in [5.41, 5.74) is 5.62. The lowest BCUT2D eigenvalue weighted by atomic mass is 10.6. The standard InChI is InChI=1S/C10H17N3O2S3/c1-3-6-16-7-5-12-10-8(9(11)13-17-10)18(14,15)4-2/h3,12H,1,4-7H2,2H3,(H2,11,13). The minimum Gasteiger partial charge on any atom is -0.382 e. The molecular formula is C10H17N3O2S3. The maximum absolute atomic E-state index is 11.9. The van der Waals surface area contributed by atoms with Gasteiger partial charge in [0.2, 0.25) is 0 Å². The van der Waals surface area contributed by atoms with E-state index in [1.165, 1.54) is 0 Å². The van der Waals surface area contributed by atoms with Crippen LogP contribution in [0.1, 0.15) is 6.92 Å². The number of anilines is 2. The summed E-state index contributed by atoms with van der Waals surface area (Å²) in [6.07, 6.45) is 1.84. The van der Waals surface area contributed by atoms with Crippen molar-refractivity contribution in [2.45, 2.75) is 11.8 Å². The van der Waals surface area contributed by atoms with E-state index >= 15 is 0 Å². The van der Waals surface area contributed by atoms with Crippen molar-refractivity contribution in [1.29, 1.82) is 0 Å². The topological polar surface area (TPSA) is 85.1 Å². The largest absolute Gasteiger partial charge is 0.382 e. The molecule has 0 radical (unpaired) electrons. The van der Waals surface area contributed by atoms with E-state index in [-0.39, 0.29) is 16.5 Å². The Hall–Kier alpha value is -0.730. The Balaban J connectivity index is 2.70. The number of rotatable bonds is 8. The average molecular weight is 307 g/mol. The second kappa shape index (κ2) is 7.01.